The van der Waals surface area contributed by atoms with Gasteiger partial charge in [-0.3, -0.25) is 4.79 Å². The Bertz CT molecular complexity index is 579. The van der Waals surface area contributed by atoms with Gasteiger partial charge in [-0.05, 0) is 24.6 Å². The lowest BCUT2D eigenvalue weighted by atomic mass is 9.95. The van der Waals surface area contributed by atoms with Crippen LogP contribution in [0.15, 0.2) is 18.2 Å². The van der Waals surface area contributed by atoms with Crippen molar-refractivity contribution in [3.63, 3.8) is 0 Å². The van der Waals surface area contributed by atoms with E-state index in [0.717, 1.165) is 5.56 Å². The lowest BCUT2D eigenvalue weighted by Gasteiger charge is -2.46. The van der Waals surface area contributed by atoms with Gasteiger partial charge in [0.05, 0.1) is 13.1 Å². The van der Waals surface area contributed by atoms with Crippen LogP contribution in [0, 0.1) is 0 Å². The molecule has 2 N–H and O–H groups in total. The average Bonchev–Trinajstić information content (AvgIpc) is 2.42. The van der Waals surface area contributed by atoms with Gasteiger partial charge in [-0.1, -0.05) is 6.07 Å². The van der Waals surface area contributed by atoms with Gasteiger partial charge in [-0.2, -0.15) is 0 Å². The molecule has 2 aliphatic rings. The minimum Gasteiger partial charge on any atom is -0.375 e. The smallest absolute Gasteiger partial charge is 0.319 e. The van der Waals surface area contributed by atoms with E-state index in [-0.39, 0.29) is 17.5 Å². The molecule has 2 aliphatic heterocycles. The molecule has 20 heavy (non-hydrogen) atoms. The molecule has 0 atom stereocenters. The molecular formula is C14H17N3O3. The number of rotatable bonds is 2. The molecule has 0 radical (unpaired) electrons. The summed E-state index contributed by atoms with van der Waals surface area (Å²) in [5, 5.41) is 5.40. The molecule has 1 fully saturated rings. The second kappa shape index (κ2) is 4.49. The molecule has 1 saturated heterocycles. The molecule has 6 nitrogen and oxygen atoms in total. The second-order valence-corrected chi connectivity index (χ2v) is 5.49. The first kappa shape index (κ1) is 12.9. The van der Waals surface area contributed by atoms with E-state index < -0.39 is 0 Å². The highest BCUT2D eigenvalue weighted by molar-refractivity contribution is 5.98. The first-order valence-corrected chi connectivity index (χ1v) is 6.53. The normalized spacial score (nSPS) is 19.5. The van der Waals surface area contributed by atoms with E-state index in [4.69, 9.17) is 4.74 Å². The Hall–Kier alpha value is -2.08. The summed E-state index contributed by atoms with van der Waals surface area (Å²) in [5.74, 6) is -0.0323. The molecule has 106 valence electrons. The van der Waals surface area contributed by atoms with Gasteiger partial charge in [-0.25, -0.2) is 4.79 Å². The zero-order valence-corrected chi connectivity index (χ0v) is 11.5. The number of carbonyl (C=O) groups excluding carboxylic acids is 2. The number of anilines is 1. The third-order valence-corrected chi connectivity index (χ3v) is 3.88. The number of methoxy groups -OCH3 is 1. The molecule has 3 amide bonds. The number of hydrogen-bond donors (Lipinski definition) is 2. The van der Waals surface area contributed by atoms with Crippen molar-refractivity contribution in [2.24, 2.45) is 0 Å². The van der Waals surface area contributed by atoms with E-state index in [1.54, 1.807) is 24.1 Å². The molecule has 0 bridgehead atoms. The second-order valence-electron chi connectivity index (χ2n) is 5.49. The summed E-state index contributed by atoms with van der Waals surface area (Å²) in [6, 6.07) is 5.16. The maximum absolute atomic E-state index is 12.3. The topological polar surface area (TPSA) is 70.7 Å². The predicted octanol–water partition coefficient (Wildman–Crippen LogP) is 1.18. The molecule has 6 heteroatoms. The molecule has 0 spiro atoms. The summed E-state index contributed by atoms with van der Waals surface area (Å²) in [6.45, 7) is 3.65. The van der Waals surface area contributed by atoms with Crippen molar-refractivity contribution in [2.75, 3.05) is 25.5 Å². The molecule has 2 heterocycles. The summed E-state index contributed by atoms with van der Waals surface area (Å²) in [6.07, 6.45) is 0. The maximum atomic E-state index is 12.3. The van der Waals surface area contributed by atoms with Crippen LogP contribution in [0.1, 0.15) is 22.8 Å². The first-order chi connectivity index (χ1) is 9.50. The Balaban J connectivity index is 1.77. The minimum atomic E-state index is -0.238. The van der Waals surface area contributed by atoms with Crippen molar-refractivity contribution < 1.29 is 14.3 Å². The summed E-state index contributed by atoms with van der Waals surface area (Å²) < 4.78 is 5.34. The van der Waals surface area contributed by atoms with Gasteiger partial charge < -0.3 is 20.3 Å². The molecule has 3 rings (SSSR count). The highest BCUT2D eigenvalue weighted by Gasteiger charge is 2.41. The van der Waals surface area contributed by atoms with E-state index in [9.17, 15) is 9.59 Å². The van der Waals surface area contributed by atoms with Crippen LogP contribution >= 0.6 is 0 Å². The average molecular weight is 275 g/mol. The van der Waals surface area contributed by atoms with Crippen LogP contribution < -0.4 is 10.6 Å². The van der Waals surface area contributed by atoms with Crippen molar-refractivity contribution >= 4 is 17.6 Å². The summed E-state index contributed by atoms with van der Waals surface area (Å²) in [4.78, 5) is 25.4. The van der Waals surface area contributed by atoms with Crippen molar-refractivity contribution in [3.8, 4) is 0 Å². The van der Waals surface area contributed by atoms with Crippen LogP contribution in [0.4, 0.5) is 10.5 Å². The summed E-state index contributed by atoms with van der Waals surface area (Å²) in [7, 11) is 1.66. The van der Waals surface area contributed by atoms with Gasteiger partial charge in [0.2, 0.25) is 0 Å². The fourth-order valence-corrected chi connectivity index (χ4v) is 2.54. The summed E-state index contributed by atoms with van der Waals surface area (Å²) >= 11 is 0. The number of nitrogens with one attached hydrogen (secondary N) is 2. The predicted molar refractivity (Wildman–Crippen MR) is 73.6 cm³/mol. The number of likely N-dealkylation sites (tertiary alicyclic amines) is 1. The number of urea groups is 1. The largest absolute Gasteiger partial charge is 0.375 e. The van der Waals surface area contributed by atoms with Crippen molar-refractivity contribution in [1.82, 2.24) is 10.2 Å². The van der Waals surface area contributed by atoms with Crippen molar-refractivity contribution in [1.29, 1.82) is 0 Å². The number of carbonyl (C=O) groups is 2. The highest BCUT2D eigenvalue weighted by Crippen LogP contribution is 2.27. The lowest BCUT2D eigenvalue weighted by Crippen LogP contribution is -2.62. The van der Waals surface area contributed by atoms with Gasteiger partial charge in [0.25, 0.3) is 5.91 Å². The third-order valence-electron chi connectivity index (χ3n) is 3.88. The maximum Gasteiger partial charge on any atom is 0.319 e. The number of ether oxygens (including phenoxy) is 1. The Morgan fingerprint density at radius 3 is 2.85 bits per heavy atom. The van der Waals surface area contributed by atoms with Crippen LogP contribution in [0.3, 0.4) is 0 Å². The number of fused-ring (bicyclic) bond motifs is 1. The molecule has 1 aromatic carbocycles. The monoisotopic (exact) mass is 275 g/mol. The van der Waals surface area contributed by atoms with Gasteiger partial charge in [0.1, 0.15) is 5.60 Å². The van der Waals surface area contributed by atoms with Crippen LogP contribution in [0.2, 0.25) is 0 Å². The molecular weight excluding hydrogens is 258 g/mol. The molecule has 0 saturated carbocycles. The highest BCUT2D eigenvalue weighted by atomic mass is 16.5. The van der Waals surface area contributed by atoms with Crippen LogP contribution in [-0.4, -0.2) is 42.6 Å². The molecule has 1 aromatic rings. The number of amides is 3. The van der Waals surface area contributed by atoms with E-state index in [2.05, 4.69) is 10.6 Å². The number of hydrogen-bond acceptors (Lipinski definition) is 3. The first-order valence-electron chi connectivity index (χ1n) is 6.53. The lowest BCUT2D eigenvalue weighted by molar-refractivity contribution is -0.0947. The zero-order valence-electron chi connectivity index (χ0n) is 11.5. The number of benzene rings is 1. The Morgan fingerprint density at radius 1 is 1.40 bits per heavy atom. The SMILES string of the molecule is COC1(C)CN(C(=O)c2ccc3c(c2)NC(=O)NC3)C1. The summed E-state index contributed by atoms with van der Waals surface area (Å²) in [5.41, 5.74) is 2.03. The van der Waals surface area contributed by atoms with Crippen LogP contribution in [-0.2, 0) is 11.3 Å². The van der Waals surface area contributed by atoms with Gasteiger partial charge in [0, 0.05) is 24.9 Å². The van der Waals surface area contributed by atoms with Gasteiger partial charge in [-0.15, -0.1) is 0 Å². The molecule has 0 aromatic heterocycles. The van der Waals surface area contributed by atoms with Crippen LogP contribution in [0.25, 0.3) is 0 Å². The molecule has 0 unspecified atom stereocenters. The Labute approximate surface area is 117 Å². The van der Waals surface area contributed by atoms with Crippen LogP contribution in [0.5, 0.6) is 0 Å². The van der Waals surface area contributed by atoms with E-state index in [0.29, 0.717) is 30.9 Å². The van der Waals surface area contributed by atoms with Crippen molar-refractivity contribution in [3.05, 3.63) is 29.3 Å². The van der Waals surface area contributed by atoms with Gasteiger partial charge in [0.15, 0.2) is 0 Å². The van der Waals surface area contributed by atoms with E-state index in [1.807, 2.05) is 13.0 Å². The minimum absolute atomic E-state index is 0.0323. The Morgan fingerprint density at radius 2 is 2.15 bits per heavy atom. The standard InChI is InChI=1S/C14H17N3O3/c1-14(20-2)7-17(8-14)12(18)9-3-4-10-6-15-13(19)16-11(10)5-9/h3-5H,6-8H2,1-2H3,(H2,15,16,19). The zero-order chi connectivity index (χ0) is 14.3. The molecule has 0 aliphatic carbocycles. The van der Waals surface area contributed by atoms with Gasteiger partial charge >= 0.3 is 6.03 Å². The fourth-order valence-electron chi connectivity index (χ4n) is 2.54. The van der Waals surface area contributed by atoms with E-state index >= 15 is 0 Å². The number of nitrogens with zero attached hydrogens (tertiary/aromatic N) is 1. The fraction of sp³-hybridized carbons (Fsp3) is 0.429. The quantitative estimate of drug-likeness (QED) is 0.851. The van der Waals surface area contributed by atoms with E-state index in [1.165, 1.54) is 0 Å². The van der Waals surface area contributed by atoms with Crippen molar-refractivity contribution in [2.45, 2.75) is 19.1 Å². The third kappa shape index (κ3) is 2.12. The Kier molecular flexibility index (Phi) is 2.90.